The van der Waals surface area contributed by atoms with Crippen molar-refractivity contribution in [3.05, 3.63) is 40.4 Å². The molecule has 0 aliphatic heterocycles. The van der Waals surface area contributed by atoms with Crippen LogP contribution in [0, 0.1) is 0 Å². The van der Waals surface area contributed by atoms with Crippen LogP contribution >= 0.6 is 24.8 Å². The quantitative estimate of drug-likeness (QED) is 0.227. The van der Waals surface area contributed by atoms with Gasteiger partial charge in [0, 0.05) is 0 Å². The summed E-state index contributed by atoms with van der Waals surface area (Å²) >= 11 is -3.31. The number of hydrogen-bond donors (Lipinski definition) is 0. The van der Waals surface area contributed by atoms with E-state index in [-0.39, 0.29) is 24.8 Å². The fraction of sp³-hybridized carbons (Fsp3) is 0.667. The molecule has 0 amide bonds. The Bertz CT molecular complexity index is 777. The summed E-state index contributed by atoms with van der Waals surface area (Å²) in [4.78, 5) is 0. The maximum absolute atomic E-state index is 3.31. The van der Waals surface area contributed by atoms with Gasteiger partial charge in [-0.15, -0.1) is 24.8 Å². The summed E-state index contributed by atoms with van der Waals surface area (Å²) in [7, 11) is -2.66. The van der Waals surface area contributed by atoms with Crippen LogP contribution in [0.5, 0.6) is 0 Å². The van der Waals surface area contributed by atoms with Gasteiger partial charge in [0.25, 0.3) is 0 Å². The van der Waals surface area contributed by atoms with E-state index >= 15 is 0 Å². The van der Waals surface area contributed by atoms with Gasteiger partial charge in [0.05, 0.1) is 0 Å². The minimum atomic E-state index is -3.31. The Morgan fingerprint density at radius 2 is 1.03 bits per heavy atom. The van der Waals surface area contributed by atoms with E-state index in [0.717, 1.165) is 0 Å². The molecule has 0 aromatic carbocycles. The third kappa shape index (κ3) is 6.56. The molecule has 0 unspecified atom stereocenters. The van der Waals surface area contributed by atoms with Crippen molar-refractivity contribution in [1.29, 1.82) is 0 Å². The third-order valence-electron chi connectivity index (χ3n) is 6.85. The monoisotopic (exact) mass is 670 g/mol. The van der Waals surface area contributed by atoms with E-state index in [1.54, 1.807) is 11.1 Å². The Hall–Kier alpha value is 1.06. The molecular weight excluding hydrogens is 622 g/mol. The van der Waals surface area contributed by atoms with Crippen LogP contribution in [0.4, 0.5) is 0 Å². The second-order valence-corrected chi connectivity index (χ2v) is 63.5. The van der Waals surface area contributed by atoms with Crippen LogP contribution in [-0.2, 0) is 17.1 Å². The summed E-state index contributed by atoms with van der Waals surface area (Å²) in [6.45, 7) is 22.7. The SMILES string of the molecule is CCCC1=CC([Si](C)(C)C)=[C]([Hf]([CH3])([CH3])(=[SiH2])[C]2=C([Si](C)(C)C)C=C(CCC)C2)C1.Cl.Cl. The molecule has 2 aliphatic rings. The number of rotatable bonds is 8. The molecule has 0 nitrogen and oxygen atoms in total. The van der Waals surface area contributed by atoms with Gasteiger partial charge in [-0.05, 0) is 0 Å². The Labute approximate surface area is 204 Å². The van der Waals surface area contributed by atoms with Gasteiger partial charge >= 0.3 is 182 Å². The van der Waals surface area contributed by atoms with E-state index < -0.39 is 33.3 Å². The summed E-state index contributed by atoms with van der Waals surface area (Å²) < 4.78 is 9.56. The molecule has 0 radical (unpaired) electrons. The maximum Gasteiger partial charge on any atom is -0.147 e. The molecular formula is C24H48Cl2HfSi3. The van der Waals surface area contributed by atoms with Crippen molar-refractivity contribution >= 4 is 47.9 Å². The van der Waals surface area contributed by atoms with Gasteiger partial charge in [-0.1, -0.05) is 0 Å². The van der Waals surface area contributed by atoms with Crippen LogP contribution in [0.3, 0.4) is 0 Å². The first-order valence-corrected chi connectivity index (χ1v) is 37.7. The van der Waals surface area contributed by atoms with E-state index in [2.05, 4.69) is 81.6 Å². The molecule has 0 aromatic heterocycles. The van der Waals surface area contributed by atoms with Crippen molar-refractivity contribution in [2.24, 2.45) is 0 Å². The molecule has 0 heterocycles. The van der Waals surface area contributed by atoms with Crippen LogP contribution in [-0.4, -0.2) is 23.1 Å². The van der Waals surface area contributed by atoms with E-state index in [4.69, 9.17) is 0 Å². The largest absolute Gasteiger partial charge is 0.147 e. The number of hydrogen-bond acceptors (Lipinski definition) is 0. The Morgan fingerprint density at radius 1 is 0.733 bits per heavy atom. The van der Waals surface area contributed by atoms with E-state index in [1.807, 2.05) is 17.1 Å². The molecule has 0 saturated carbocycles. The Morgan fingerprint density at radius 3 is 1.27 bits per heavy atom. The van der Waals surface area contributed by atoms with Crippen molar-refractivity contribution in [2.45, 2.75) is 101 Å². The third-order valence-corrected chi connectivity index (χ3v) is 36.9. The number of allylic oxidation sites excluding steroid dienone is 8. The predicted molar refractivity (Wildman–Crippen MR) is 151 cm³/mol. The predicted octanol–water partition coefficient (Wildman–Crippen LogP) is 8.69. The normalized spacial score (nSPS) is 18.2. The molecule has 0 spiro atoms. The smallest absolute Gasteiger partial charge is 0.147 e. The van der Waals surface area contributed by atoms with Crippen LogP contribution < -0.4 is 0 Å². The molecule has 0 fully saturated rings. The standard InChI is InChI=1S/2C11H19Si.2CH3.2ClH.Hf.H2Si/c2*1-5-6-10-7-8-11(9-10)12(2,3)4;;;;;;/h2*9H,5-7H2,1-4H3;2*1H3;2*1H;;1H2. The van der Waals surface area contributed by atoms with Crippen molar-refractivity contribution in [3.63, 3.8) is 0 Å². The second kappa shape index (κ2) is 10.5. The first-order chi connectivity index (χ1) is 12.6. The molecule has 2 rings (SSSR count). The zero-order valence-electron chi connectivity index (χ0n) is 21.4. The zero-order valence-corrected chi connectivity index (χ0v) is 30.1. The van der Waals surface area contributed by atoms with E-state index in [9.17, 15) is 0 Å². The van der Waals surface area contributed by atoms with Crippen LogP contribution in [0.15, 0.2) is 40.4 Å². The average molecular weight is 670 g/mol. The van der Waals surface area contributed by atoms with Gasteiger partial charge in [-0.3, -0.25) is 0 Å². The summed E-state index contributed by atoms with van der Waals surface area (Å²) in [5.74, 6) is 0. The maximum atomic E-state index is 2.80. The Balaban J connectivity index is 0.00000420. The van der Waals surface area contributed by atoms with Gasteiger partial charge in [0.1, 0.15) is 0 Å². The molecule has 0 saturated heterocycles. The molecule has 30 heavy (non-hydrogen) atoms. The molecule has 174 valence electrons. The van der Waals surface area contributed by atoms with Crippen LogP contribution in [0.25, 0.3) is 0 Å². The summed E-state index contributed by atoms with van der Waals surface area (Å²) in [6.07, 6.45) is 13.2. The molecule has 6 heteroatoms. The molecule has 0 atom stereocenters. The first-order valence-electron chi connectivity index (χ1n) is 11.5. The van der Waals surface area contributed by atoms with Gasteiger partial charge in [-0.2, -0.15) is 0 Å². The van der Waals surface area contributed by atoms with Crippen molar-refractivity contribution < 1.29 is 17.1 Å². The molecule has 2 aliphatic carbocycles. The molecule has 0 aromatic rings. The minimum Gasteiger partial charge on any atom is -0.147 e. The van der Waals surface area contributed by atoms with Gasteiger partial charge in [-0.25, -0.2) is 0 Å². The second-order valence-electron chi connectivity index (χ2n) is 12.4. The van der Waals surface area contributed by atoms with Gasteiger partial charge < -0.3 is 0 Å². The van der Waals surface area contributed by atoms with Crippen molar-refractivity contribution in [3.8, 4) is 0 Å². The van der Waals surface area contributed by atoms with Crippen molar-refractivity contribution in [2.75, 3.05) is 0 Å². The van der Waals surface area contributed by atoms with Crippen LogP contribution in [0.1, 0.15) is 52.4 Å². The topological polar surface area (TPSA) is 0 Å². The van der Waals surface area contributed by atoms with Gasteiger partial charge in [0.15, 0.2) is 0 Å². The number of halogens is 2. The minimum absolute atomic E-state index is 0. The van der Waals surface area contributed by atoms with Gasteiger partial charge in [0.2, 0.25) is 0 Å². The fourth-order valence-electron chi connectivity index (χ4n) is 5.24. The van der Waals surface area contributed by atoms with Crippen molar-refractivity contribution in [1.82, 2.24) is 0 Å². The zero-order chi connectivity index (χ0) is 21.6. The molecule has 0 bridgehead atoms. The van der Waals surface area contributed by atoms with E-state index in [0.29, 0.717) is 0 Å². The Kier molecular flexibility index (Phi) is 10.9. The summed E-state index contributed by atoms with van der Waals surface area (Å²) in [5, 5.41) is 3.69. The first kappa shape index (κ1) is 31.1. The summed E-state index contributed by atoms with van der Waals surface area (Å²) in [5.41, 5.74) is 3.48. The fourth-order valence-corrected chi connectivity index (χ4v) is 44.9. The summed E-state index contributed by atoms with van der Waals surface area (Å²) in [6, 6.07) is 0. The average Bonchev–Trinajstić information content (AvgIpc) is 3.12. The van der Waals surface area contributed by atoms with E-state index in [1.165, 1.54) is 38.5 Å². The van der Waals surface area contributed by atoms with Crippen LogP contribution in [0.2, 0.25) is 48.6 Å². The molecule has 0 N–H and O–H groups in total.